The molecule has 0 aliphatic heterocycles. The topological polar surface area (TPSA) is 69.2 Å². The lowest BCUT2D eigenvalue weighted by atomic mass is 10.1. The number of hydrogen-bond acceptors (Lipinski definition) is 5. The molecule has 0 aliphatic rings. The maximum absolute atomic E-state index is 12.4. The van der Waals surface area contributed by atoms with Crippen LogP contribution in [0, 0.1) is 6.92 Å². The van der Waals surface area contributed by atoms with Crippen LogP contribution in [0.25, 0.3) is 0 Å². The maximum Gasteiger partial charge on any atom is 0.275 e. The van der Waals surface area contributed by atoms with Gasteiger partial charge in [-0.15, -0.1) is 0 Å². The number of ether oxygens (including phenoxy) is 3. The summed E-state index contributed by atoms with van der Waals surface area (Å²) in [5, 5.41) is 4.74. The third kappa shape index (κ3) is 6.25. The Balaban J connectivity index is 1.67. The van der Waals surface area contributed by atoms with Gasteiger partial charge < -0.3 is 14.2 Å². The first-order chi connectivity index (χ1) is 15.5. The van der Waals surface area contributed by atoms with E-state index in [1.165, 1.54) is 7.11 Å². The van der Waals surface area contributed by atoms with E-state index in [0.717, 1.165) is 16.7 Å². The summed E-state index contributed by atoms with van der Waals surface area (Å²) in [5.74, 6) is 1.36. The van der Waals surface area contributed by atoms with Crippen LogP contribution in [-0.4, -0.2) is 25.8 Å². The first-order valence-electron chi connectivity index (χ1n) is 10.1. The number of carbonyl (C=O) groups is 1. The van der Waals surface area contributed by atoms with E-state index in [9.17, 15) is 4.79 Å². The summed E-state index contributed by atoms with van der Waals surface area (Å²) < 4.78 is 16.9. The molecule has 0 spiro atoms. The molecule has 32 heavy (non-hydrogen) atoms. The van der Waals surface area contributed by atoms with Crippen molar-refractivity contribution in [1.29, 1.82) is 0 Å². The fraction of sp³-hybridized carbons (Fsp3) is 0.200. The number of carbonyl (C=O) groups excluding carboxylic acids is 1. The van der Waals surface area contributed by atoms with Crippen LogP contribution in [0.4, 0.5) is 0 Å². The summed E-state index contributed by atoms with van der Waals surface area (Å²) in [5.41, 5.74) is 5.69. The molecule has 3 aromatic carbocycles. The Morgan fingerprint density at radius 2 is 1.78 bits per heavy atom. The van der Waals surface area contributed by atoms with Gasteiger partial charge in [-0.25, -0.2) is 5.43 Å². The minimum absolute atomic E-state index is 0.356. The number of benzene rings is 3. The molecule has 1 amide bonds. The Kier molecular flexibility index (Phi) is 8.11. The van der Waals surface area contributed by atoms with Gasteiger partial charge in [-0.2, -0.15) is 5.10 Å². The van der Waals surface area contributed by atoms with E-state index < -0.39 is 0 Å². The first kappa shape index (κ1) is 23.2. The summed E-state index contributed by atoms with van der Waals surface area (Å²) in [4.78, 5) is 12.4. The molecule has 0 saturated carbocycles. The molecule has 0 aromatic heterocycles. The van der Waals surface area contributed by atoms with E-state index >= 15 is 0 Å². The minimum atomic E-state index is -0.356. The number of amides is 1. The Bertz CT molecular complexity index is 1100. The van der Waals surface area contributed by atoms with E-state index in [2.05, 4.69) is 10.5 Å². The average molecular weight is 453 g/mol. The predicted octanol–water partition coefficient (Wildman–Crippen LogP) is 5.40. The third-order valence-corrected chi connectivity index (χ3v) is 4.81. The van der Waals surface area contributed by atoms with Gasteiger partial charge in [0.2, 0.25) is 0 Å². The lowest BCUT2D eigenvalue weighted by Gasteiger charge is -2.12. The van der Waals surface area contributed by atoms with Crippen LogP contribution in [-0.2, 0) is 6.61 Å². The van der Waals surface area contributed by atoms with Crippen molar-refractivity contribution < 1.29 is 19.0 Å². The van der Waals surface area contributed by atoms with Gasteiger partial charge in [0.25, 0.3) is 5.91 Å². The van der Waals surface area contributed by atoms with Crippen LogP contribution in [0.3, 0.4) is 0 Å². The standard InChI is InChI=1S/C25H25ClN2O4/c1-4-31-24-14-19(8-12-22(24)32-16-18-6-9-20(26)10-7-18)15-27-28-25(29)21-11-5-17(2)13-23(21)30-3/h5-15H,4,16H2,1-3H3,(H,28,29)/b27-15+. The Hall–Kier alpha value is -3.51. The van der Waals surface area contributed by atoms with Gasteiger partial charge in [-0.05, 0) is 73.0 Å². The number of methoxy groups -OCH3 is 1. The van der Waals surface area contributed by atoms with Crippen LogP contribution in [0.1, 0.15) is 34.0 Å². The number of aryl methyl sites for hydroxylation is 1. The van der Waals surface area contributed by atoms with Crippen molar-refractivity contribution in [2.24, 2.45) is 5.10 Å². The van der Waals surface area contributed by atoms with E-state index in [1.807, 2.05) is 62.4 Å². The van der Waals surface area contributed by atoms with Crippen LogP contribution >= 0.6 is 11.6 Å². The van der Waals surface area contributed by atoms with Crippen LogP contribution in [0.2, 0.25) is 5.02 Å². The number of hydrogen-bond donors (Lipinski definition) is 1. The second-order valence-electron chi connectivity index (χ2n) is 6.96. The summed E-state index contributed by atoms with van der Waals surface area (Å²) in [6, 6.07) is 18.3. The van der Waals surface area contributed by atoms with Crippen molar-refractivity contribution >= 4 is 23.7 Å². The summed E-state index contributed by atoms with van der Waals surface area (Å²) in [6.45, 7) is 4.71. The van der Waals surface area contributed by atoms with Crippen molar-refractivity contribution in [2.75, 3.05) is 13.7 Å². The van der Waals surface area contributed by atoms with E-state index in [-0.39, 0.29) is 5.91 Å². The molecule has 0 radical (unpaired) electrons. The maximum atomic E-state index is 12.4. The number of hydrazone groups is 1. The molecule has 7 heteroatoms. The van der Waals surface area contributed by atoms with Gasteiger partial charge in [0.05, 0.1) is 25.5 Å². The molecule has 0 heterocycles. The Morgan fingerprint density at radius 1 is 1.00 bits per heavy atom. The van der Waals surface area contributed by atoms with Gasteiger partial charge in [0, 0.05) is 5.02 Å². The van der Waals surface area contributed by atoms with Gasteiger partial charge in [-0.1, -0.05) is 29.8 Å². The van der Waals surface area contributed by atoms with Crippen molar-refractivity contribution in [3.05, 3.63) is 87.9 Å². The van der Waals surface area contributed by atoms with Crippen LogP contribution in [0.15, 0.2) is 65.8 Å². The quantitative estimate of drug-likeness (QED) is 0.348. The molecule has 1 N–H and O–H groups in total. The van der Waals surface area contributed by atoms with Gasteiger partial charge >= 0.3 is 0 Å². The highest BCUT2D eigenvalue weighted by Crippen LogP contribution is 2.29. The van der Waals surface area contributed by atoms with Crippen molar-refractivity contribution in [3.63, 3.8) is 0 Å². The molecular formula is C25H25ClN2O4. The van der Waals surface area contributed by atoms with Gasteiger partial charge in [-0.3, -0.25) is 4.79 Å². The van der Waals surface area contributed by atoms with Crippen molar-refractivity contribution in [1.82, 2.24) is 5.43 Å². The molecule has 0 saturated heterocycles. The molecule has 0 aliphatic carbocycles. The summed E-state index contributed by atoms with van der Waals surface area (Å²) in [6.07, 6.45) is 1.55. The monoisotopic (exact) mass is 452 g/mol. The zero-order valence-electron chi connectivity index (χ0n) is 18.2. The highest BCUT2D eigenvalue weighted by molar-refractivity contribution is 6.30. The minimum Gasteiger partial charge on any atom is -0.496 e. The number of halogens is 1. The Morgan fingerprint density at radius 3 is 2.50 bits per heavy atom. The normalized spacial score (nSPS) is 10.8. The zero-order valence-corrected chi connectivity index (χ0v) is 19.0. The largest absolute Gasteiger partial charge is 0.496 e. The third-order valence-electron chi connectivity index (χ3n) is 4.56. The summed E-state index contributed by atoms with van der Waals surface area (Å²) in [7, 11) is 1.53. The number of nitrogens with zero attached hydrogens (tertiary/aromatic N) is 1. The smallest absolute Gasteiger partial charge is 0.275 e. The average Bonchev–Trinajstić information content (AvgIpc) is 2.79. The number of rotatable bonds is 9. The van der Waals surface area contributed by atoms with E-state index in [1.54, 1.807) is 18.3 Å². The molecular weight excluding hydrogens is 428 g/mol. The van der Waals surface area contributed by atoms with Crippen LogP contribution in [0.5, 0.6) is 17.2 Å². The first-order valence-corrected chi connectivity index (χ1v) is 10.5. The molecule has 0 bridgehead atoms. The zero-order chi connectivity index (χ0) is 22.9. The predicted molar refractivity (Wildman–Crippen MR) is 126 cm³/mol. The fourth-order valence-corrected chi connectivity index (χ4v) is 3.07. The van der Waals surface area contributed by atoms with E-state index in [0.29, 0.717) is 41.0 Å². The molecule has 6 nitrogen and oxygen atoms in total. The SMILES string of the molecule is CCOc1cc(/C=N/NC(=O)c2ccc(C)cc2OC)ccc1OCc1ccc(Cl)cc1. The molecule has 166 valence electrons. The van der Waals surface area contributed by atoms with Crippen molar-refractivity contribution in [3.8, 4) is 17.2 Å². The van der Waals surface area contributed by atoms with E-state index in [4.69, 9.17) is 25.8 Å². The van der Waals surface area contributed by atoms with Crippen molar-refractivity contribution in [2.45, 2.75) is 20.5 Å². The second-order valence-corrected chi connectivity index (χ2v) is 7.39. The van der Waals surface area contributed by atoms with Gasteiger partial charge in [0.1, 0.15) is 12.4 Å². The van der Waals surface area contributed by atoms with Crippen LogP contribution < -0.4 is 19.6 Å². The molecule has 3 rings (SSSR count). The molecule has 3 aromatic rings. The highest BCUT2D eigenvalue weighted by Gasteiger charge is 2.11. The molecule has 0 fully saturated rings. The fourth-order valence-electron chi connectivity index (χ4n) is 2.95. The lowest BCUT2D eigenvalue weighted by molar-refractivity contribution is 0.0952. The highest BCUT2D eigenvalue weighted by atomic mass is 35.5. The molecule has 0 unspecified atom stereocenters. The summed E-state index contributed by atoms with van der Waals surface area (Å²) >= 11 is 5.92. The Labute approximate surface area is 192 Å². The van der Waals surface area contributed by atoms with Gasteiger partial charge in [0.15, 0.2) is 11.5 Å². The lowest BCUT2D eigenvalue weighted by Crippen LogP contribution is -2.18. The second kappa shape index (κ2) is 11.2. The molecule has 0 atom stereocenters. The number of nitrogens with one attached hydrogen (secondary N) is 1.